The maximum Gasteiger partial charge on any atom is 0.224 e. The van der Waals surface area contributed by atoms with Crippen LogP contribution in [0.4, 0.5) is 5.69 Å². The van der Waals surface area contributed by atoms with E-state index >= 15 is 0 Å². The van der Waals surface area contributed by atoms with Gasteiger partial charge in [0, 0.05) is 17.1 Å². The highest BCUT2D eigenvalue weighted by Crippen LogP contribution is 2.18. The van der Waals surface area contributed by atoms with E-state index in [2.05, 4.69) is 10.6 Å². The zero-order valence-electron chi connectivity index (χ0n) is 11.1. The maximum atomic E-state index is 11.8. The molecule has 19 heavy (non-hydrogen) atoms. The number of carbonyl (C=O) groups excluding carboxylic acids is 1. The average Bonchev–Trinajstić information content (AvgIpc) is 2.43. The van der Waals surface area contributed by atoms with Crippen LogP contribution in [0.3, 0.4) is 0 Å². The fourth-order valence-corrected chi connectivity index (χ4v) is 2.60. The molecule has 1 aliphatic heterocycles. The van der Waals surface area contributed by atoms with Gasteiger partial charge in [-0.1, -0.05) is 11.6 Å². The third-order valence-corrected chi connectivity index (χ3v) is 3.80. The highest BCUT2D eigenvalue weighted by Gasteiger charge is 2.13. The first kappa shape index (κ1) is 14.4. The van der Waals surface area contributed by atoms with E-state index in [0.29, 0.717) is 11.4 Å². The molecular weight excluding hydrogens is 260 g/mol. The van der Waals surface area contributed by atoms with Crippen molar-refractivity contribution in [1.82, 2.24) is 5.32 Å². The monoisotopic (exact) mass is 280 g/mol. The molecule has 0 spiro atoms. The van der Waals surface area contributed by atoms with E-state index in [1.807, 2.05) is 12.1 Å². The van der Waals surface area contributed by atoms with Crippen LogP contribution < -0.4 is 10.6 Å². The first-order valence-electron chi connectivity index (χ1n) is 7.00. The Hall–Kier alpha value is -1.06. The largest absolute Gasteiger partial charge is 0.326 e. The van der Waals surface area contributed by atoms with E-state index in [-0.39, 0.29) is 5.91 Å². The smallest absolute Gasteiger partial charge is 0.224 e. The summed E-state index contributed by atoms with van der Waals surface area (Å²) in [7, 11) is 0. The van der Waals surface area contributed by atoms with Crippen molar-refractivity contribution in [2.24, 2.45) is 5.92 Å². The topological polar surface area (TPSA) is 41.1 Å². The Bertz CT molecular complexity index is 399. The van der Waals surface area contributed by atoms with Crippen molar-refractivity contribution >= 4 is 23.2 Å². The number of halogens is 1. The maximum absolute atomic E-state index is 11.8. The summed E-state index contributed by atoms with van der Waals surface area (Å²) in [5, 5.41) is 6.98. The van der Waals surface area contributed by atoms with Crippen molar-refractivity contribution in [3.8, 4) is 0 Å². The molecular formula is C15H21ClN2O. The number of benzene rings is 1. The summed E-state index contributed by atoms with van der Waals surface area (Å²) in [4.78, 5) is 11.8. The van der Waals surface area contributed by atoms with Crippen LogP contribution in [0.5, 0.6) is 0 Å². The molecule has 0 aliphatic carbocycles. The van der Waals surface area contributed by atoms with Crippen LogP contribution >= 0.6 is 11.6 Å². The first-order chi connectivity index (χ1) is 9.24. The Balaban J connectivity index is 1.65. The van der Waals surface area contributed by atoms with Gasteiger partial charge in [-0.05, 0) is 69.0 Å². The molecule has 2 N–H and O–H groups in total. The lowest BCUT2D eigenvalue weighted by atomic mass is 9.94. The molecule has 0 aromatic heterocycles. The molecule has 1 atom stereocenters. The van der Waals surface area contributed by atoms with Gasteiger partial charge in [-0.2, -0.15) is 0 Å². The molecule has 1 aliphatic rings. The van der Waals surface area contributed by atoms with Gasteiger partial charge < -0.3 is 10.6 Å². The van der Waals surface area contributed by atoms with Crippen LogP contribution in [-0.4, -0.2) is 19.0 Å². The molecule has 1 heterocycles. The molecule has 1 unspecified atom stereocenters. The normalized spacial score (nSPS) is 19.1. The van der Waals surface area contributed by atoms with Gasteiger partial charge in [-0.3, -0.25) is 4.79 Å². The van der Waals surface area contributed by atoms with Crippen LogP contribution in [0.2, 0.25) is 5.02 Å². The second-order valence-electron chi connectivity index (χ2n) is 5.16. The average molecular weight is 281 g/mol. The van der Waals surface area contributed by atoms with Gasteiger partial charge in [0.15, 0.2) is 0 Å². The third kappa shape index (κ3) is 5.21. The van der Waals surface area contributed by atoms with Crippen molar-refractivity contribution in [1.29, 1.82) is 0 Å². The molecule has 104 valence electrons. The van der Waals surface area contributed by atoms with E-state index in [1.165, 1.54) is 12.8 Å². The molecule has 2 rings (SSSR count). The zero-order valence-corrected chi connectivity index (χ0v) is 11.9. The van der Waals surface area contributed by atoms with Crippen molar-refractivity contribution in [2.75, 3.05) is 18.4 Å². The van der Waals surface area contributed by atoms with Crippen LogP contribution in [0.15, 0.2) is 24.3 Å². The molecule has 4 heteroatoms. The Kier molecular flexibility index (Phi) is 5.67. The number of anilines is 1. The summed E-state index contributed by atoms with van der Waals surface area (Å²) in [6.07, 6.45) is 5.26. The third-order valence-electron chi connectivity index (χ3n) is 3.54. The fourth-order valence-electron chi connectivity index (χ4n) is 2.48. The van der Waals surface area contributed by atoms with Gasteiger partial charge in [-0.15, -0.1) is 0 Å². The van der Waals surface area contributed by atoms with Crippen LogP contribution in [-0.2, 0) is 4.79 Å². The number of rotatable bonds is 5. The predicted molar refractivity (Wildman–Crippen MR) is 79.5 cm³/mol. The molecule has 3 nitrogen and oxygen atoms in total. The van der Waals surface area contributed by atoms with Gasteiger partial charge in [0.05, 0.1) is 0 Å². The highest BCUT2D eigenvalue weighted by molar-refractivity contribution is 6.30. The number of hydrogen-bond acceptors (Lipinski definition) is 2. The summed E-state index contributed by atoms with van der Waals surface area (Å²) in [6.45, 7) is 2.26. The van der Waals surface area contributed by atoms with E-state index < -0.39 is 0 Å². The molecule has 0 radical (unpaired) electrons. The number of piperidine rings is 1. The van der Waals surface area contributed by atoms with Crippen molar-refractivity contribution in [3.05, 3.63) is 29.3 Å². The second kappa shape index (κ2) is 7.51. The number of hydrogen-bond donors (Lipinski definition) is 2. The van der Waals surface area contributed by atoms with Gasteiger partial charge in [0.1, 0.15) is 0 Å². The van der Waals surface area contributed by atoms with Gasteiger partial charge in [-0.25, -0.2) is 0 Å². The summed E-state index contributed by atoms with van der Waals surface area (Å²) in [5.74, 6) is 0.836. The standard InChI is InChI=1S/C15H21ClN2O/c16-13-6-8-14(9-7-13)18-15(19)5-1-3-12-4-2-10-17-11-12/h6-9,12,17H,1-5,10-11H2,(H,18,19). The first-order valence-corrected chi connectivity index (χ1v) is 7.38. The number of amides is 1. The quantitative estimate of drug-likeness (QED) is 0.867. The van der Waals surface area contributed by atoms with E-state index in [4.69, 9.17) is 11.6 Å². The minimum absolute atomic E-state index is 0.0890. The minimum atomic E-state index is 0.0890. The predicted octanol–water partition coefficient (Wildman–Crippen LogP) is 3.45. The van der Waals surface area contributed by atoms with Crippen molar-refractivity contribution in [2.45, 2.75) is 32.1 Å². The highest BCUT2D eigenvalue weighted by atomic mass is 35.5. The number of carbonyl (C=O) groups is 1. The lowest BCUT2D eigenvalue weighted by molar-refractivity contribution is -0.116. The van der Waals surface area contributed by atoms with Gasteiger partial charge in [0.25, 0.3) is 0 Å². The van der Waals surface area contributed by atoms with E-state index in [9.17, 15) is 4.79 Å². The second-order valence-corrected chi connectivity index (χ2v) is 5.60. The molecule has 0 bridgehead atoms. The number of nitrogens with one attached hydrogen (secondary N) is 2. The molecule has 0 saturated carbocycles. The van der Waals surface area contributed by atoms with Crippen LogP contribution in [0.1, 0.15) is 32.1 Å². The van der Waals surface area contributed by atoms with E-state index in [0.717, 1.165) is 37.5 Å². The molecule has 1 saturated heterocycles. The van der Waals surface area contributed by atoms with Gasteiger partial charge >= 0.3 is 0 Å². The van der Waals surface area contributed by atoms with Crippen molar-refractivity contribution in [3.63, 3.8) is 0 Å². The molecule has 1 aromatic carbocycles. The summed E-state index contributed by atoms with van der Waals surface area (Å²) >= 11 is 5.80. The summed E-state index contributed by atoms with van der Waals surface area (Å²) in [5.41, 5.74) is 0.814. The van der Waals surface area contributed by atoms with E-state index in [1.54, 1.807) is 12.1 Å². The molecule has 1 fully saturated rings. The SMILES string of the molecule is O=C(CCCC1CCCNC1)Nc1ccc(Cl)cc1. The fraction of sp³-hybridized carbons (Fsp3) is 0.533. The Morgan fingerprint density at radius 3 is 2.84 bits per heavy atom. The Morgan fingerprint density at radius 1 is 1.37 bits per heavy atom. The van der Waals surface area contributed by atoms with Crippen LogP contribution in [0.25, 0.3) is 0 Å². The Morgan fingerprint density at radius 2 is 2.16 bits per heavy atom. The Labute approximate surface area is 119 Å². The minimum Gasteiger partial charge on any atom is -0.326 e. The van der Waals surface area contributed by atoms with Gasteiger partial charge in [0.2, 0.25) is 5.91 Å². The van der Waals surface area contributed by atoms with Crippen molar-refractivity contribution < 1.29 is 4.79 Å². The zero-order chi connectivity index (χ0) is 13.5. The molecule has 1 amide bonds. The summed E-state index contributed by atoms with van der Waals surface area (Å²) in [6, 6.07) is 7.21. The van der Waals surface area contributed by atoms with Crippen LogP contribution in [0, 0.1) is 5.92 Å². The molecule has 1 aromatic rings. The summed E-state index contributed by atoms with van der Waals surface area (Å²) < 4.78 is 0. The lowest BCUT2D eigenvalue weighted by Crippen LogP contribution is -2.29. The lowest BCUT2D eigenvalue weighted by Gasteiger charge is -2.22.